The Kier molecular flexibility index (Phi) is 5.34. The highest BCUT2D eigenvalue weighted by atomic mass is 16.2. The van der Waals surface area contributed by atoms with E-state index in [2.05, 4.69) is 22.0 Å². The molecule has 29 heavy (non-hydrogen) atoms. The van der Waals surface area contributed by atoms with Crippen molar-refractivity contribution in [3.8, 4) is 0 Å². The molecule has 1 saturated heterocycles. The van der Waals surface area contributed by atoms with Crippen molar-refractivity contribution in [1.29, 1.82) is 0 Å². The van der Waals surface area contributed by atoms with Gasteiger partial charge in [0.25, 0.3) is 5.56 Å². The molecule has 6 heteroatoms. The zero-order chi connectivity index (χ0) is 20.4. The van der Waals surface area contributed by atoms with Crippen LogP contribution in [0.4, 0.5) is 5.69 Å². The summed E-state index contributed by atoms with van der Waals surface area (Å²) in [6.07, 6.45) is 1.52. The number of para-hydroxylation sites is 2. The van der Waals surface area contributed by atoms with Crippen LogP contribution >= 0.6 is 0 Å². The van der Waals surface area contributed by atoms with Crippen molar-refractivity contribution in [2.75, 3.05) is 31.1 Å². The Bertz CT molecular complexity index is 1050. The lowest BCUT2D eigenvalue weighted by atomic mass is 10.0. The van der Waals surface area contributed by atoms with Crippen LogP contribution in [-0.4, -0.2) is 46.5 Å². The first kappa shape index (κ1) is 19.2. The molecular formula is C23H26N4O2. The summed E-state index contributed by atoms with van der Waals surface area (Å²) in [5.41, 5.74) is 1.67. The molecule has 1 unspecified atom stereocenters. The smallest absolute Gasteiger partial charge is 0.261 e. The summed E-state index contributed by atoms with van der Waals surface area (Å²) < 4.78 is 1.51. The van der Waals surface area contributed by atoms with Crippen LogP contribution in [0, 0.1) is 5.92 Å². The Balaban J connectivity index is 1.56. The van der Waals surface area contributed by atoms with Crippen LogP contribution < -0.4 is 10.5 Å². The Morgan fingerprint density at radius 2 is 1.59 bits per heavy atom. The molecule has 0 N–H and O–H groups in total. The Morgan fingerprint density at radius 1 is 0.931 bits per heavy atom. The van der Waals surface area contributed by atoms with Crippen LogP contribution in [0.1, 0.15) is 19.9 Å². The number of piperazine rings is 1. The van der Waals surface area contributed by atoms with Crippen LogP contribution in [-0.2, 0) is 4.79 Å². The van der Waals surface area contributed by atoms with Crippen molar-refractivity contribution in [3.63, 3.8) is 0 Å². The lowest BCUT2D eigenvalue weighted by molar-refractivity contribution is -0.136. The molecule has 1 aliphatic rings. The van der Waals surface area contributed by atoms with Gasteiger partial charge in [0.2, 0.25) is 5.91 Å². The van der Waals surface area contributed by atoms with E-state index in [4.69, 9.17) is 0 Å². The maximum absolute atomic E-state index is 13.4. The van der Waals surface area contributed by atoms with E-state index in [9.17, 15) is 9.59 Å². The SMILES string of the molecule is CC(C)C(C(=O)N1CCN(c2ccccc2)CC1)n1cnc2ccccc2c1=O. The predicted octanol–water partition coefficient (Wildman–Crippen LogP) is 2.94. The van der Waals surface area contributed by atoms with Crippen LogP contribution in [0.15, 0.2) is 65.7 Å². The molecule has 3 aromatic rings. The average Bonchev–Trinajstić information content (AvgIpc) is 2.76. The molecule has 1 atom stereocenters. The largest absolute Gasteiger partial charge is 0.368 e. The van der Waals surface area contributed by atoms with Gasteiger partial charge in [0, 0.05) is 31.9 Å². The summed E-state index contributed by atoms with van der Waals surface area (Å²) in [5.74, 6) is -0.0257. The van der Waals surface area contributed by atoms with E-state index >= 15 is 0 Å². The van der Waals surface area contributed by atoms with Crippen LogP contribution in [0.5, 0.6) is 0 Å². The highest BCUT2D eigenvalue weighted by Gasteiger charge is 2.31. The van der Waals surface area contributed by atoms with Crippen molar-refractivity contribution in [2.24, 2.45) is 5.92 Å². The second-order valence-electron chi connectivity index (χ2n) is 7.81. The van der Waals surface area contributed by atoms with Gasteiger partial charge in [-0.3, -0.25) is 14.2 Å². The van der Waals surface area contributed by atoms with Gasteiger partial charge in [-0.1, -0.05) is 44.2 Å². The number of carbonyl (C=O) groups is 1. The first-order valence-electron chi connectivity index (χ1n) is 10.1. The topological polar surface area (TPSA) is 58.4 Å². The van der Waals surface area contributed by atoms with Crippen molar-refractivity contribution >= 4 is 22.5 Å². The fraction of sp³-hybridized carbons (Fsp3) is 0.348. The van der Waals surface area contributed by atoms with E-state index < -0.39 is 6.04 Å². The fourth-order valence-electron chi connectivity index (χ4n) is 4.02. The van der Waals surface area contributed by atoms with Gasteiger partial charge in [-0.25, -0.2) is 4.98 Å². The highest BCUT2D eigenvalue weighted by molar-refractivity contribution is 5.82. The lowest BCUT2D eigenvalue weighted by Gasteiger charge is -2.38. The number of hydrogen-bond donors (Lipinski definition) is 0. The van der Waals surface area contributed by atoms with Crippen LogP contribution in [0.3, 0.4) is 0 Å². The molecular weight excluding hydrogens is 364 g/mol. The number of benzene rings is 2. The molecule has 2 aromatic carbocycles. The predicted molar refractivity (Wildman–Crippen MR) is 115 cm³/mol. The lowest BCUT2D eigenvalue weighted by Crippen LogP contribution is -2.52. The van der Waals surface area contributed by atoms with Crippen molar-refractivity contribution in [3.05, 3.63) is 71.3 Å². The number of nitrogens with zero attached hydrogens (tertiary/aromatic N) is 4. The molecule has 150 valence electrons. The van der Waals surface area contributed by atoms with Crippen molar-refractivity contribution < 1.29 is 4.79 Å². The zero-order valence-corrected chi connectivity index (χ0v) is 16.9. The molecule has 4 rings (SSSR count). The van der Waals surface area contributed by atoms with Gasteiger partial charge in [-0.05, 0) is 30.2 Å². The van der Waals surface area contributed by atoms with E-state index in [1.54, 1.807) is 6.07 Å². The maximum atomic E-state index is 13.4. The van der Waals surface area contributed by atoms with Crippen LogP contribution in [0.2, 0.25) is 0 Å². The molecule has 1 aromatic heterocycles. The van der Waals surface area contributed by atoms with Gasteiger partial charge in [-0.15, -0.1) is 0 Å². The van der Waals surface area contributed by atoms with E-state index in [0.29, 0.717) is 24.0 Å². The Morgan fingerprint density at radius 3 is 2.28 bits per heavy atom. The number of aromatic nitrogens is 2. The minimum Gasteiger partial charge on any atom is -0.368 e. The first-order valence-corrected chi connectivity index (χ1v) is 10.1. The van der Waals surface area contributed by atoms with Gasteiger partial charge in [-0.2, -0.15) is 0 Å². The van der Waals surface area contributed by atoms with E-state index in [1.165, 1.54) is 16.6 Å². The van der Waals surface area contributed by atoms with Crippen molar-refractivity contribution in [2.45, 2.75) is 19.9 Å². The molecule has 0 bridgehead atoms. The van der Waals surface area contributed by atoms with Gasteiger partial charge in [0.1, 0.15) is 6.04 Å². The first-order chi connectivity index (χ1) is 14.1. The van der Waals surface area contributed by atoms with Crippen molar-refractivity contribution in [1.82, 2.24) is 14.5 Å². The summed E-state index contributed by atoms with van der Waals surface area (Å²) in [7, 11) is 0. The monoisotopic (exact) mass is 390 g/mol. The quantitative estimate of drug-likeness (QED) is 0.687. The van der Waals surface area contributed by atoms with E-state index in [0.717, 1.165) is 13.1 Å². The standard InChI is InChI=1S/C23H26N4O2/c1-17(2)21(27-16-24-20-11-7-6-10-19(20)22(27)28)23(29)26-14-12-25(13-15-26)18-8-4-3-5-9-18/h3-11,16-17,21H,12-15H2,1-2H3. The molecule has 1 aliphatic heterocycles. The fourth-order valence-corrected chi connectivity index (χ4v) is 4.02. The number of hydrogen-bond acceptors (Lipinski definition) is 4. The highest BCUT2D eigenvalue weighted by Crippen LogP contribution is 2.22. The Labute approximate surface area is 170 Å². The third-order valence-electron chi connectivity index (χ3n) is 5.59. The molecule has 0 saturated carbocycles. The normalized spacial score (nSPS) is 15.7. The number of anilines is 1. The van der Waals surface area contributed by atoms with Gasteiger partial charge in [0.15, 0.2) is 0 Å². The molecule has 1 fully saturated rings. The molecule has 0 spiro atoms. The second kappa shape index (κ2) is 8.07. The average molecular weight is 390 g/mol. The summed E-state index contributed by atoms with van der Waals surface area (Å²) in [5, 5.41) is 0.544. The Hall–Kier alpha value is -3.15. The van der Waals surface area contributed by atoms with Crippen LogP contribution in [0.25, 0.3) is 10.9 Å². The van der Waals surface area contributed by atoms with Gasteiger partial charge >= 0.3 is 0 Å². The molecule has 0 aliphatic carbocycles. The number of rotatable bonds is 4. The molecule has 0 radical (unpaired) electrons. The maximum Gasteiger partial charge on any atom is 0.261 e. The number of amides is 1. The third kappa shape index (κ3) is 3.75. The van der Waals surface area contributed by atoms with E-state index in [1.807, 2.05) is 55.1 Å². The van der Waals surface area contributed by atoms with Gasteiger partial charge in [0.05, 0.1) is 17.2 Å². The summed E-state index contributed by atoms with van der Waals surface area (Å²) in [6, 6.07) is 17.0. The third-order valence-corrected chi connectivity index (χ3v) is 5.59. The summed E-state index contributed by atoms with van der Waals surface area (Å²) in [6.45, 7) is 6.81. The van der Waals surface area contributed by atoms with E-state index in [-0.39, 0.29) is 17.4 Å². The van der Waals surface area contributed by atoms with Gasteiger partial charge < -0.3 is 9.80 Å². The number of fused-ring (bicyclic) bond motifs is 1. The molecule has 6 nitrogen and oxygen atoms in total. The summed E-state index contributed by atoms with van der Waals surface area (Å²) in [4.78, 5) is 35.0. The molecule has 1 amide bonds. The minimum absolute atomic E-state index is 0.00751. The molecule has 2 heterocycles. The minimum atomic E-state index is -0.553. The zero-order valence-electron chi connectivity index (χ0n) is 16.9. The number of carbonyl (C=O) groups excluding carboxylic acids is 1. The summed E-state index contributed by atoms with van der Waals surface area (Å²) >= 11 is 0. The second-order valence-corrected chi connectivity index (χ2v) is 7.81.